The van der Waals surface area contributed by atoms with Gasteiger partial charge in [-0.05, 0) is 40.3 Å². The van der Waals surface area contributed by atoms with E-state index in [-0.39, 0.29) is 11.8 Å². The van der Waals surface area contributed by atoms with Crippen LogP contribution in [-0.2, 0) is 9.59 Å². The smallest absolute Gasteiger partial charge is 0.329 e. The van der Waals surface area contributed by atoms with E-state index in [1.54, 1.807) is 20.9 Å². The Morgan fingerprint density at radius 2 is 2.00 bits per heavy atom. The van der Waals surface area contributed by atoms with Gasteiger partial charge in [0.2, 0.25) is 5.91 Å². The summed E-state index contributed by atoms with van der Waals surface area (Å²) < 4.78 is 0. The third kappa shape index (κ3) is 2.97. The fourth-order valence-corrected chi connectivity index (χ4v) is 2.06. The number of carboxylic acids is 1. The Morgan fingerprint density at radius 1 is 1.41 bits per heavy atom. The lowest BCUT2D eigenvalue weighted by molar-refractivity contribution is -0.157. The Kier molecular flexibility index (Phi) is 4.14. The van der Waals surface area contributed by atoms with Gasteiger partial charge >= 0.3 is 5.97 Å². The van der Waals surface area contributed by atoms with Crippen molar-refractivity contribution in [1.82, 2.24) is 9.80 Å². The second kappa shape index (κ2) is 5.04. The van der Waals surface area contributed by atoms with E-state index < -0.39 is 11.5 Å². The van der Waals surface area contributed by atoms with Gasteiger partial charge in [-0.3, -0.25) is 4.79 Å². The van der Waals surface area contributed by atoms with Crippen molar-refractivity contribution in [2.45, 2.75) is 32.2 Å². The van der Waals surface area contributed by atoms with Gasteiger partial charge in [-0.15, -0.1) is 0 Å². The Bertz CT molecular complexity index is 315. The molecule has 5 heteroatoms. The summed E-state index contributed by atoms with van der Waals surface area (Å²) in [5.41, 5.74) is -1.15. The highest BCUT2D eigenvalue weighted by atomic mass is 16.4. The molecule has 1 unspecified atom stereocenters. The lowest BCUT2D eigenvalue weighted by atomic mass is 9.94. The minimum absolute atomic E-state index is 0.0658. The van der Waals surface area contributed by atoms with Gasteiger partial charge in [0.1, 0.15) is 5.54 Å². The van der Waals surface area contributed by atoms with Crippen molar-refractivity contribution in [3.63, 3.8) is 0 Å². The highest BCUT2D eigenvalue weighted by Crippen LogP contribution is 2.21. The van der Waals surface area contributed by atoms with Crippen molar-refractivity contribution in [1.29, 1.82) is 0 Å². The molecule has 0 saturated carbocycles. The molecule has 5 nitrogen and oxygen atoms in total. The summed E-state index contributed by atoms with van der Waals surface area (Å²) in [7, 11) is 3.56. The first kappa shape index (κ1) is 14.0. The summed E-state index contributed by atoms with van der Waals surface area (Å²) in [6.07, 6.45) is 1.84. The third-order valence-electron chi connectivity index (χ3n) is 3.67. The van der Waals surface area contributed by atoms with Crippen LogP contribution in [-0.4, -0.2) is 59.5 Å². The van der Waals surface area contributed by atoms with Crippen LogP contribution in [0, 0.1) is 5.92 Å². The zero-order valence-corrected chi connectivity index (χ0v) is 11.1. The second-order valence-corrected chi connectivity index (χ2v) is 5.36. The lowest BCUT2D eigenvalue weighted by Gasteiger charge is -2.37. The van der Waals surface area contributed by atoms with Crippen LogP contribution >= 0.6 is 0 Å². The van der Waals surface area contributed by atoms with Crippen LogP contribution in [0.4, 0.5) is 0 Å². The molecular weight excluding hydrogens is 220 g/mol. The fraction of sp³-hybridized carbons (Fsp3) is 0.833. The molecule has 98 valence electrons. The van der Waals surface area contributed by atoms with Gasteiger partial charge in [0, 0.05) is 13.6 Å². The molecule has 1 N–H and O–H groups in total. The molecule has 1 amide bonds. The zero-order valence-electron chi connectivity index (χ0n) is 11.1. The zero-order chi connectivity index (χ0) is 13.2. The Labute approximate surface area is 102 Å². The number of carbonyl (C=O) groups is 2. The van der Waals surface area contributed by atoms with Gasteiger partial charge in [0.15, 0.2) is 0 Å². The number of hydrogen-bond donors (Lipinski definition) is 1. The van der Waals surface area contributed by atoms with E-state index in [0.717, 1.165) is 25.9 Å². The number of nitrogens with zero attached hydrogens (tertiary/aromatic N) is 2. The Morgan fingerprint density at radius 3 is 2.47 bits per heavy atom. The molecule has 0 aliphatic carbocycles. The summed E-state index contributed by atoms with van der Waals surface area (Å²) in [5.74, 6) is -1.11. The number of rotatable bonds is 3. The molecule has 0 aromatic heterocycles. The van der Waals surface area contributed by atoms with E-state index in [0.29, 0.717) is 0 Å². The van der Waals surface area contributed by atoms with Gasteiger partial charge in [-0.1, -0.05) is 0 Å². The summed E-state index contributed by atoms with van der Waals surface area (Å²) >= 11 is 0. The highest BCUT2D eigenvalue weighted by Gasteiger charge is 2.38. The number of piperidine rings is 1. The SMILES string of the molecule is CN1CCCC(C(=O)N(C)C(C)(C)C(=O)O)C1. The molecule has 0 bridgehead atoms. The van der Waals surface area contributed by atoms with Crippen molar-refractivity contribution in [3.8, 4) is 0 Å². The number of aliphatic carboxylic acids is 1. The molecule has 0 radical (unpaired) electrons. The maximum Gasteiger partial charge on any atom is 0.329 e. The first-order chi connectivity index (χ1) is 7.76. The summed E-state index contributed by atoms with van der Waals surface area (Å²) in [4.78, 5) is 26.8. The Balaban J connectivity index is 2.72. The first-order valence-corrected chi connectivity index (χ1v) is 5.96. The average Bonchev–Trinajstić information content (AvgIpc) is 2.26. The van der Waals surface area contributed by atoms with Gasteiger partial charge < -0.3 is 14.9 Å². The predicted octanol–water partition coefficient (Wildman–Crippen LogP) is 0.650. The quantitative estimate of drug-likeness (QED) is 0.789. The molecule has 0 spiro atoms. The minimum atomic E-state index is -1.15. The van der Waals surface area contributed by atoms with Crippen molar-refractivity contribution in [3.05, 3.63) is 0 Å². The molecular formula is C12H22N2O3. The van der Waals surface area contributed by atoms with Gasteiger partial charge in [0.05, 0.1) is 5.92 Å². The van der Waals surface area contributed by atoms with Crippen molar-refractivity contribution in [2.24, 2.45) is 5.92 Å². The standard InChI is InChI=1S/C12H22N2O3/c1-12(2,11(16)17)14(4)10(15)9-6-5-7-13(3)8-9/h9H,5-8H2,1-4H3,(H,16,17). The van der Waals surface area contributed by atoms with Crippen LogP contribution in [0.2, 0.25) is 0 Å². The van der Waals surface area contributed by atoms with Crippen LogP contribution in [0.1, 0.15) is 26.7 Å². The molecule has 1 saturated heterocycles. The van der Waals surface area contributed by atoms with E-state index in [2.05, 4.69) is 4.90 Å². The number of likely N-dealkylation sites (N-methyl/N-ethyl adjacent to an activating group) is 1. The number of carbonyl (C=O) groups excluding carboxylic acids is 1. The molecule has 1 heterocycles. The van der Waals surface area contributed by atoms with Crippen LogP contribution in [0.25, 0.3) is 0 Å². The Hall–Kier alpha value is -1.10. The number of hydrogen-bond acceptors (Lipinski definition) is 3. The molecule has 1 aliphatic rings. The van der Waals surface area contributed by atoms with Gasteiger partial charge in [0.25, 0.3) is 0 Å². The van der Waals surface area contributed by atoms with E-state index in [4.69, 9.17) is 5.11 Å². The van der Waals surface area contributed by atoms with Crippen LogP contribution in [0.3, 0.4) is 0 Å². The largest absolute Gasteiger partial charge is 0.480 e. The normalized spacial score (nSPS) is 22.2. The van der Waals surface area contributed by atoms with Gasteiger partial charge in [-0.25, -0.2) is 4.79 Å². The maximum absolute atomic E-state index is 12.2. The first-order valence-electron chi connectivity index (χ1n) is 5.96. The van der Waals surface area contributed by atoms with Crippen LogP contribution in [0.5, 0.6) is 0 Å². The molecule has 0 aromatic carbocycles. The van der Waals surface area contributed by atoms with Crippen molar-refractivity contribution < 1.29 is 14.7 Å². The molecule has 0 aromatic rings. The monoisotopic (exact) mass is 242 g/mol. The number of amides is 1. The summed E-state index contributed by atoms with van der Waals surface area (Å²) in [5, 5.41) is 9.11. The van der Waals surface area contributed by atoms with Crippen molar-refractivity contribution in [2.75, 3.05) is 27.2 Å². The summed E-state index contributed by atoms with van der Waals surface area (Å²) in [6, 6.07) is 0. The average molecular weight is 242 g/mol. The number of carboxylic acid groups (broad SMARTS) is 1. The van der Waals surface area contributed by atoms with E-state index in [1.165, 1.54) is 4.90 Å². The number of likely N-dealkylation sites (tertiary alicyclic amines) is 1. The fourth-order valence-electron chi connectivity index (χ4n) is 2.06. The van der Waals surface area contributed by atoms with E-state index in [1.807, 2.05) is 7.05 Å². The van der Waals surface area contributed by atoms with Crippen molar-refractivity contribution >= 4 is 11.9 Å². The lowest BCUT2D eigenvalue weighted by Crippen LogP contribution is -2.54. The predicted molar refractivity (Wildman–Crippen MR) is 64.7 cm³/mol. The molecule has 1 aliphatic heterocycles. The topological polar surface area (TPSA) is 60.9 Å². The molecule has 1 rings (SSSR count). The van der Waals surface area contributed by atoms with Crippen LogP contribution in [0.15, 0.2) is 0 Å². The van der Waals surface area contributed by atoms with E-state index >= 15 is 0 Å². The summed E-state index contributed by atoms with van der Waals surface area (Å²) in [6.45, 7) is 4.84. The molecule has 1 atom stereocenters. The molecule has 1 fully saturated rings. The minimum Gasteiger partial charge on any atom is -0.480 e. The van der Waals surface area contributed by atoms with Gasteiger partial charge in [-0.2, -0.15) is 0 Å². The second-order valence-electron chi connectivity index (χ2n) is 5.36. The van der Waals surface area contributed by atoms with E-state index in [9.17, 15) is 9.59 Å². The van der Waals surface area contributed by atoms with Crippen LogP contribution < -0.4 is 0 Å². The highest BCUT2D eigenvalue weighted by molar-refractivity contribution is 5.87. The third-order valence-corrected chi connectivity index (χ3v) is 3.67. The molecule has 17 heavy (non-hydrogen) atoms. The maximum atomic E-state index is 12.2.